The Morgan fingerprint density at radius 1 is 1.33 bits per heavy atom. The fraction of sp³-hybridized carbons (Fsp3) is 0.867. The van der Waals surface area contributed by atoms with Gasteiger partial charge in [0, 0.05) is 10.5 Å². The molecule has 2 N–H and O–H groups in total. The van der Waals surface area contributed by atoms with E-state index in [2.05, 4.69) is 12.2 Å². The number of rotatable bonds is 8. The second kappa shape index (κ2) is 8.63. The van der Waals surface area contributed by atoms with Crippen molar-refractivity contribution in [3.05, 3.63) is 0 Å². The van der Waals surface area contributed by atoms with Crippen LogP contribution in [0.1, 0.15) is 52.9 Å². The van der Waals surface area contributed by atoms with Crippen LogP contribution in [-0.4, -0.2) is 46.2 Å². The number of carbonyl (C=O) groups is 2. The predicted octanol–water partition coefficient (Wildman–Crippen LogP) is 2.44. The molecule has 2 atom stereocenters. The van der Waals surface area contributed by atoms with E-state index in [1.54, 1.807) is 25.6 Å². The smallest absolute Gasteiger partial charge is 0.324 e. The quantitative estimate of drug-likeness (QED) is 0.670. The van der Waals surface area contributed by atoms with Crippen molar-refractivity contribution >= 4 is 23.7 Å². The van der Waals surface area contributed by atoms with E-state index in [1.807, 2.05) is 0 Å². The molecule has 0 radical (unpaired) electrons. The molecular weight excluding hydrogens is 290 g/mol. The molecule has 0 aromatic heterocycles. The van der Waals surface area contributed by atoms with E-state index in [0.29, 0.717) is 12.4 Å². The van der Waals surface area contributed by atoms with Gasteiger partial charge in [0.05, 0.1) is 6.61 Å². The molecule has 0 aromatic carbocycles. The highest BCUT2D eigenvalue weighted by atomic mass is 32.2. The summed E-state index contributed by atoms with van der Waals surface area (Å²) in [6.07, 6.45) is 6.05. The van der Waals surface area contributed by atoms with Gasteiger partial charge >= 0.3 is 11.9 Å². The fourth-order valence-corrected chi connectivity index (χ4v) is 3.91. The summed E-state index contributed by atoms with van der Waals surface area (Å²) in [6, 6.07) is -1.33. The van der Waals surface area contributed by atoms with Gasteiger partial charge in [0.15, 0.2) is 0 Å². The lowest BCUT2D eigenvalue weighted by atomic mass is 9.90. The molecule has 1 aliphatic carbocycles. The first kappa shape index (κ1) is 18.3. The standard InChI is InChI=1S/C15H27NO4S/c1-4-20-14(19)12(16-11(2)13(17)18)10-21-15(3)8-6-5-7-9-15/h11-12,16H,4-10H2,1-3H3,(H,17,18)/t11-,12?/m0/s1. The zero-order valence-corrected chi connectivity index (χ0v) is 14.0. The highest BCUT2D eigenvalue weighted by molar-refractivity contribution is 8.00. The van der Waals surface area contributed by atoms with Crippen molar-refractivity contribution in [3.8, 4) is 0 Å². The molecule has 0 aliphatic heterocycles. The summed E-state index contributed by atoms with van der Waals surface area (Å²) in [5, 5.41) is 11.9. The topological polar surface area (TPSA) is 75.6 Å². The molecule has 5 nitrogen and oxygen atoms in total. The average Bonchev–Trinajstić information content (AvgIpc) is 2.44. The maximum atomic E-state index is 12.0. The van der Waals surface area contributed by atoms with Crippen LogP contribution in [0.4, 0.5) is 0 Å². The molecule has 0 aromatic rings. The Hall–Kier alpha value is -0.750. The van der Waals surface area contributed by atoms with Gasteiger partial charge in [0.25, 0.3) is 0 Å². The minimum atomic E-state index is -0.960. The van der Waals surface area contributed by atoms with Gasteiger partial charge in [-0.1, -0.05) is 26.2 Å². The Kier molecular flexibility index (Phi) is 7.52. The third-order valence-corrected chi connectivity index (χ3v) is 5.51. The molecule has 1 saturated carbocycles. The van der Waals surface area contributed by atoms with Crippen molar-refractivity contribution < 1.29 is 19.4 Å². The van der Waals surface area contributed by atoms with Crippen LogP contribution in [-0.2, 0) is 14.3 Å². The molecule has 122 valence electrons. The normalized spacial score (nSPS) is 20.5. The zero-order valence-electron chi connectivity index (χ0n) is 13.2. The molecule has 6 heteroatoms. The van der Waals surface area contributed by atoms with Crippen LogP contribution in [0, 0.1) is 0 Å². The Morgan fingerprint density at radius 3 is 2.48 bits per heavy atom. The van der Waals surface area contributed by atoms with E-state index >= 15 is 0 Å². The van der Waals surface area contributed by atoms with Crippen LogP contribution < -0.4 is 5.32 Å². The predicted molar refractivity (Wildman–Crippen MR) is 84.6 cm³/mol. The van der Waals surface area contributed by atoms with Crippen molar-refractivity contribution in [2.24, 2.45) is 0 Å². The highest BCUT2D eigenvalue weighted by Gasteiger charge is 2.31. The lowest BCUT2D eigenvalue weighted by molar-refractivity contribution is -0.146. The zero-order chi connectivity index (χ0) is 15.9. The Balaban J connectivity index is 2.59. The van der Waals surface area contributed by atoms with Crippen LogP contribution >= 0.6 is 11.8 Å². The number of nitrogens with one attached hydrogen (secondary N) is 1. The van der Waals surface area contributed by atoms with Gasteiger partial charge in [-0.25, -0.2) is 0 Å². The first-order valence-electron chi connectivity index (χ1n) is 7.67. The van der Waals surface area contributed by atoms with Gasteiger partial charge in [0.2, 0.25) is 0 Å². The monoisotopic (exact) mass is 317 g/mol. The van der Waals surface area contributed by atoms with Crippen LogP contribution in [0.2, 0.25) is 0 Å². The first-order valence-corrected chi connectivity index (χ1v) is 8.66. The van der Waals surface area contributed by atoms with Crippen molar-refractivity contribution in [1.29, 1.82) is 0 Å². The van der Waals surface area contributed by atoms with E-state index in [-0.39, 0.29) is 10.7 Å². The number of carboxylic acids is 1. The Bertz CT molecular complexity index is 356. The maximum absolute atomic E-state index is 12.0. The maximum Gasteiger partial charge on any atom is 0.324 e. The van der Waals surface area contributed by atoms with E-state index in [9.17, 15) is 9.59 Å². The van der Waals surface area contributed by atoms with Crippen LogP contribution in [0.25, 0.3) is 0 Å². The molecule has 1 unspecified atom stereocenters. The number of hydrogen-bond donors (Lipinski definition) is 2. The van der Waals surface area contributed by atoms with Crippen molar-refractivity contribution in [2.45, 2.75) is 69.7 Å². The largest absolute Gasteiger partial charge is 0.480 e. The highest BCUT2D eigenvalue weighted by Crippen LogP contribution is 2.39. The number of ether oxygens (including phenoxy) is 1. The van der Waals surface area contributed by atoms with Gasteiger partial charge in [-0.3, -0.25) is 14.9 Å². The first-order chi connectivity index (χ1) is 9.88. The average molecular weight is 317 g/mol. The van der Waals surface area contributed by atoms with E-state index in [4.69, 9.17) is 9.84 Å². The van der Waals surface area contributed by atoms with Gasteiger partial charge in [-0.2, -0.15) is 11.8 Å². The van der Waals surface area contributed by atoms with Gasteiger partial charge in [-0.05, 0) is 26.7 Å². The van der Waals surface area contributed by atoms with Crippen molar-refractivity contribution in [2.75, 3.05) is 12.4 Å². The second-order valence-corrected chi connectivity index (χ2v) is 7.46. The Labute approximate surface area is 131 Å². The molecule has 0 spiro atoms. The van der Waals surface area contributed by atoms with E-state index in [1.165, 1.54) is 19.3 Å². The number of hydrogen-bond acceptors (Lipinski definition) is 5. The summed E-state index contributed by atoms with van der Waals surface area (Å²) in [5.74, 6) is -0.775. The van der Waals surface area contributed by atoms with Crippen LogP contribution in [0.5, 0.6) is 0 Å². The molecule has 0 amide bonds. The fourth-order valence-electron chi connectivity index (χ4n) is 2.53. The molecule has 1 aliphatic rings. The molecule has 0 heterocycles. The number of carboxylic acid groups (broad SMARTS) is 1. The van der Waals surface area contributed by atoms with Crippen molar-refractivity contribution in [3.63, 3.8) is 0 Å². The third-order valence-electron chi connectivity index (χ3n) is 3.90. The van der Waals surface area contributed by atoms with Crippen LogP contribution in [0.15, 0.2) is 0 Å². The summed E-state index contributed by atoms with van der Waals surface area (Å²) in [5.41, 5.74) is 0. The van der Waals surface area contributed by atoms with Gasteiger partial charge < -0.3 is 9.84 Å². The summed E-state index contributed by atoms with van der Waals surface area (Å²) in [6.45, 7) is 5.84. The van der Waals surface area contributed by atoms with Gasteiger partial charge in [-0.15, -0.1) is 0 Å². The van der Waals surface area contributed by atoms with Crippen LogP contribution in [0.3, 0.4) is 0 Å². The minimum Gasteiger partial charge on any atom is -0.480 e. The number of aliphatic carboxylic acids is 1. The van der Waals surface area contributed by atoms with Gasteiger partial charge in [0.1, 0.15) is 12.1 Å². The molecule has 21 heavy (non-hydrogen) atoms. The number of thioether (sulfide) groups is 1. The molecule has 0 bridgehead atoms. The lowest BCUT2D eigenvalue weighted by Crippen LogP contribution is -2.48. The summed E-state index contributed by atoms with van der Waals surface area (Å²) in [4.78, 5) is 23.0. The summed E-state index contributed by atoms with van der Waals surface area (Å²) >= 11 is 1.76. The van der Waals surface area contributed by atoms with E-state index < -0.39 is 18.1 Å². The third kappa shape index (κ3) is 6.26. The number of carbonyl (C=O) groups excluding carboxylic acids is 1. The minimum absolute atomic E-state index is 0.192. The summed E-state index contributed by atoms with van der Waals surface area (Å²) < 4.78 is 5.24. The summed E-state index contributed by atoms with van der Waals surface area (Å²) in [7, 11) is 0. The second-order valence-electron chi connectivity index (χ2n) is 5.85. The van der Waals surface area contributed by atoms with Crippen molar-refractivity contribution in [1.82, 2.24) is 5.32 Å². The lowest BCUT2D eigenvalue weighted by Gasteiger charge is -2.34. The Morgan fingerprint density at radius 2 is 1.95 bits per heavy atom. The van der Waals surface area contributed by atoms with E-state index in [0.717, 1.165) is 12.8 Å². The SMILES string of the molecule is CCOC(=O)C(CSC1(C)CCCCC1)N[C@@H](C)C(=O)O. The molecule has 1 fully saturated rings. The molecular formula is C15H27NO4S. The molecule has 1 rings (SSSR count). The molecule has 0 saturated heterocycles. The number of esters is 1.